The number of furan rings is 1. The maximum Gasteiger partial charge on any atom is 0.148 e. The van der Waals surface area contributed by atoms with Gasteiger partial charge in [0.25, 0.3) is 0 Å². The van der Waals surface area contributed by atoms with Gasteiger partial charge in [0.05, 0.1) is 10.5 Å². The quantitative estimate of drug-likeness (QED) is 0.745. The van der Waals surface area contributed by atoms with Gasteiger partial charge in [0.15, 0.2) is 0 Å². The van der Waals surface area contributed by atoms with E-state index in [9.17, 15) is 0 Å². The van der Waals surface area contributed by atoms with Crippen molar-refractivity contribution in [2.24, 2.45) is 0 Å². The van der Waals surface area contributed by atoms with Gasteiger partial charge >= 0.3 is 0 Å². The van der Waals surface area contributed by atoms with Crippen molar-refractivity contribution in [1.82, 2.24) is 5.32 Å². The number of fused-ring (bicyclic) bond motifs is 1. The number of halogens is 1. The van der Waals surface area contributed by atoms with Crippen molar-refractivity contribution in [2.45, 2.75) is 13.0 Å². The van der Waals surface area contributed by atoms with Crippen LogP contribution in [-0.2, 0) is 0 Å². The molecular formula is C17H16BrNO. The van der Waals surface area contributed by atoms with Crippen molar-refractivity contribution in [1.29, 1.82) is 0 Å². The summed E-state index contributed by atoms with van der Waals surface area (Å²) in [6.07, 6.45) is 0. The minimum atomic E-state index is 0.0641. The third kappa shape index (κ3) is 2.39. The van der Waals surface area contributed by atoms with Gasteiger partial charge in [0.2, 0.25) is 0 Å². The minimum absolute atomic E-state index is 0.0641. The van der Waals surface area contributed by atoms with Gasteiger partial charge in [-0.05, 0) is 47.6 Å². The first-order valence-electron chi connectivity index (χ1n) is 6.61. The number of para-hydroxylation sites is 1. The Morgan fingerprint density at radius 2 is 1.90 bits per heavy atom. The highest BCUT2D eigenvalue weighted by Gasteiger charge is 2.17. The second-order valence-corrected chi connectivity index (χ2v) is 5.80. The maximum absolute atomic E-state index is 6.04. The van der Waals surface area contributed by atoms with Gasteiger partial charge in [-0.1, -0.05) is 42.0 Å². The van der Waals surface area contributed by atoms with Crippen LogP contribution in [0.25, 0.3) is 11.0 Å². The largest absolute Gasteiger partial charge is 0.458 e. The summed E-state index contributed by atoms with van der Waals surface area (Å²) in [6, 6.07) is 16.7. The lowest BCUT2D eigenvalue weighted by molar-refractivity contribution is 0.490. The van der Waals surface area contributed by atoms with Gasteiger partial charge in [0.1, 0.15) is 11.3 Å². The molecule has 0 fully saturated rings. The maximum atomic E-state index is 6.04. The summed E-state index contributed by atoms with van der Waals surface area (Å²) in [7, 11) is 1.95. The fourth-order valence-corrected chi connectivity index (χ4v) is 2.98. The summed E-state index contributed by atoms with van der Waals surface area (Å²) < 4.78 is 7.02. The third-order valence-electron chi connectivity index (χ3n) is 3.46. The number of hydrogen-bond acceptors (Lipinski definition) is 2. The summed E-state index contributed by atoms with van der Waals surface area (Å²) >= 11 is 3.53. The third-order valence-corrected chi connectivity index (χ3v) is 4.09. The lowest BCUT2D eigenvalue weighted by atomic mass is 10.0. The first-order valence-corrected chi connectivity index (χ1v) is 7.40. The molecule has 1 N–H and O–H groups in total. The molecule has 0 aliphatic rings. The van der Waals surface area contributed by atoms with E-state index in [1.807, 2.05) is 19.2 Å². The van der Waals surface area contributed by atoms with E-state index in [0.717, 1.165) is 21.2 Å². The number of aryl methyl sites for hydroxylation is 1. The van der Waals surface area contributed by atoms with E-state index in [-0.39, 0.29) is 6.04 Å². The molecule has 0 radical (unpaired) electrons. The van der Waals surface area contributed by atoms with Crippen LogP contribution >= 0.6 is 15.9 Å². The molecule has 0 aliphatic heterocycles. The number of hydrogen-bond donors (Lipinski definition) is 1. The first-order chi connectivity index (χ1) is 9.69. The van der Waals surface area contributed by atoms with Crippen molar-refractivity contribution in [2.75, 3.05) is 7.05 Å². The Morgan fingerprint density at radius 1 is 1.10 bits per heavy atom. The number of benzene rings is 2. The molecule has 0 saturated heterocycles. The molecule has 0 spiro atoms. The van der Waals surface area contributed by atoms with E-state index in [1.54, 1.807) is 0 Å². The summed E-state index contributed by atoms with van der Waals surface area (Å²) in [6.45, 7) is 2.10. The highest BCUT2D eigenvalue weighted by molar-refractivity contribution is 9.10. The minimum Gasteiger partial charge on any atom is -0.458 e. The van der Waals surface area contributed by atoms with Crippen molar-refractivity contribution < 1.29 is 4.42 Å². The van der Waals surface area contributed by atoms with Gasteiger partial charge in [-0.3, -0.25) is 0 Å². The molecule has 0 bridgehead atoms. The summed E-state index contributed by atoms with van der Waals surface area (Å²) in [5, 5.41) is 4.45. The predicted molar refractivity (Wildman–Crippen MR) is 86.0 cm³/mol. The molecule has 0 amide bonds. The molecule has 3 heteroatoms. The Balaban J connectivity index is 2.09. The topological polar surface area (TPSA) is 25.2 Å². The van der Waals surface area contributed by atoms with E-state index in [1.165, 1.54) is 11.1 Å². The molecular weight excluding hydrogens is 314 g/mol. The fourth-order valence-electron chi connectivity index (χ4n) is 2.51. The van der Waals surface area contributed by atoms with Crippen LogP contribution in [0.3, 0.4) is 0 Å². The number of rotatable bonds is 3. The zero-order valence-electron chi connectivity index (χ0n) is 11.5. The second-order valence-electron chi connectivity index (χ2n) is 4.94. The van der Waals surface area contributed by atoms with Gasteiger partial charge < -0.3 is 9.73 Å². The summed E-state index contributed by atoms with van der Waals surface area (Å²) in [4.78, 5) is 0. The van der Waals surface area contributed by atoms with Gasteiger partial charge in [-0.25, -0.2) is 0 Å². The molecule has 1 unspecified atom stereocenters. The Labute approximate surface area is 126 Å². The fraction of sp³-hybridized carbons (Fsp3) is 0.176. The molecule has 1 atom stereocenters. The highest BCUT2D eigenvalue weighted by atomic mass is 79.9. The van der Waals surface area contributed by atoms with Crippen LogP contribution in [0.1, 0.15) is 22.9 Å². The van der Waals surface area contributed by atoms with E-state index in [2.05, 4.69) is 64.6 Å². The molecule has 3 aromatic rings. The Hall–Kier alpha value is -1.58. The van der Waals surface area contributed by atoms with Crippen molar-refractivity contribution in [3.05, 3.63) is 69.9 Å². The van der Waals surface area contributed by atoms with E-state index in [0.29, 0.717) is 0 Å². The van der Waals surface area contributed by atoms with Crippen molar-refractivity contribution in [3.63, 3.8) is 0 Å². The van der Waals surface area contributed by atoms with Crippen molar-refractivity contribution >= 4 is 26.9 Å². The SMILES string of the molecule is CNC(c1cccc(C)c1)c1cc2cccc(Br)c2o1. The molecule has 2 nitrogen and oxygen atoms in total. The van der Waals surface area contributed by atoms with E-state index < -0.39 is 0 Å². The molecule has 0 aliphatic carbocycles. The Morgan fingerprint density at radius 3 is 2.60 bits per heavy atom. The normalized spacial score (nSPS) is 12.8. The van der Waals surface area contributed by atoms with E-state index >= 15 is 0 Å². The lowest BCUT2D eigenvalue weighted by Gasteiger charge is -2.14. The predicted octanol–water partition coefficient (Wildman–Crippen LogP) is 4.81. The zero-order valence-corrected chi connectivity index (χ0v) is 13.1. The molecule has 3 rings (SSSR count). The van der Waals surface area contributed by atoms with Crippen LogP contribution in [0.2, 0.25) is 0 Å². The number of nitrogens with one attached hydrogen (secondary N) is 1. The lowest BCUT2D eigenvalue weighted by Crippen LogP contribution is -2.16. The Bertz CT molecular complexity index is 748. The molecule has 20 heavy (non-hydrogen) atoms. The molecule has 2 aromatic carbocycles. The van der Waals surface area contributed by atoms with Crippen LogP contribution in [0, 0.1) is 6.92 Å². The van der Waals surface area contributed by atoms with Gasteiger partial charge in [-0.15, -0.1) is 0 Å². The monoisotopic (exact) mass is 329 g/mol. The molecule has 1 heterocycles. The van der Waals surface area contributed by atoms with Crippen molar-refractivity contribution in [3.8, 4) is 0 Å². The molecule has 0 saturated carbocycles. The zero-order chi connectivity index (χ0) is 14.1. The van der Waals surface area contributed by atoms with E-state index in [4.69, 9.17) is 4.42 Å². The van der Waals surface area contributed by atoms with Crippen LogP contribution < -0.4 is 5.32 Å². The second kappa shape index (κ2) is 5.43. The average molecular weight is 330 g/mol. The summed E-state index contributed by atoms with van der Waals surface area (Å²) in [5.41, 5.74) is 3.36. The van der Waals surface area contributed by atoms with Crippen LogP contribution in [0.5, 0.6) is 0 Å². The van der Waals surface area contributed by atoms with Crippen LogP contribution in [0.4, 0.5) is 0 Å². The van der Waals surface area contributed by atoms with Crippen LogP contribution in [-0.4, -0.2) is 7.05 Å². The molecule has 1 aromatic heterocycles. The summed E-state index contributed by atoms with van der Waals surface area (Å²) in [5.74, 6) is 0.931. The average Bonchev–Trinajstić information content (AvgIpc) is 2.85. The van der Waals surface area contributed by atoms with Gasteiger partial charge in [0, 0.05) is 5.39 Å². The smallest absolute Gasteiger partial charge is 0.148 e. The standard InChI is InChI=1S/C17H16BrNO/c1-11-5-3-6-12(9-11)16(19-2)15-10-13-7-4-8-14(18)17(13)20-15/h3-10,16,19H,1-2H3. The first kappa shape index (κ1) is 13.4. The molecule has 102 valence electrons. The van der Waals surface area contributed by atoms with Crippen LogP contribution in [0.15, 0.2) is 57.4 Å². The Kier molecular flexibility index (Phi) is 3.64. The highest BCUT2D eigenvalue weighted by Crippen LogP contribution is 2.32. The van der Waals surface area contributed by atoms with Gasteiger partial charge in [-0.2, -0.15) is 0 Å².